The average molecular weight is 341 g/mol. The molecule has 0 saturated carbocycles. The summed E-state index contributed by atoms with van der Waals surface area (Å²) in [5, 5.41) is 1.80. The fourth-order valence-electron chi connectivity index (χ4n) is 3.06. The maximum atomic E-state index is 12.3. The highest BCUT2D eigenvalue weighted by atomic mass is 32.1. The van der Waals surface area contributed by atoms with Crippen LogP contribution in [0.1, 0.15) is 29.1 Å². The van der Waals surface area contributed by atoms with E-state index < -0.39 is 5.97 Å². The number of rotatable bonds is 4. The lowest BCUT2D eigenvalue weighted by Crippen LogP contribution is -2.25. The molecule has 2 heterocycles. The Morgan fingerprint density at radius 1 is 1.21 bits per heavy atom. The molecule has 2 aromatic rings. The number of nitrogens with zero attached hydrogens (tertiary/aromatic N) is 1. The van der Waals surface area contributed by atoms with E-state index in [1.807, 2.05) is 30.1 Å². The number of esters is 1. The molecule has 0 N–H and O–H groups in total. The second kappa shape index (κ2) is 6.24. The Morgan fingerprint density at radius 3 is 2.62 bits per heavy atom. The molecule has 1 aromatic heterocycles. The highest BCUT2D eigenvalue weighted by Gasteiger charge is 2.38. The van der Waals surface area contributed by atoms with Gasteiger partial charge in [0.1, 0.15) is 4.88 Å². The quantitative estimate of drug-likeness (QED) is 0.627. The van der Waals surface area contributed by atoms with Gasteiger partial charge in [-0.1, -0.05) is 38.1 Å². The van der Waals surface area contributed by atoms with Gasteiger partial charge in [-0.25, -0.2) is 4.79 Å². The molecule has 0 radical (unpaired) electrons. The smallest absolute Gasteiger partial charge is 0.348 e. The van der Waals surface area contributed by atoms with Crippen LogP contribution in [0, 0.1) is 0 Å². The lowest BCUT2D eigenvalue weighted by atomic mass is 9.83. The van der Waals surface area contributed by atoms with Crippen molar-refractivity contribution in [3.8, 4) is 0 Å². The van der Waals surface area contributed by atoms with Crippen LogP contribution in [0.4, 0.5) is 5.69 Å². The van der Waals surface area contributed by atoms with Crippen molar-refractivity contribution in [2.45, 2.75) is 19.3 Å². The summed E-state index contributed by atoms with van der Waals surface area (Å²) < 4.78 is 5.10. The van der Waals surface area contributed by atoms with Crippen molar-refractivity contribution in [1.82, 2.24) is 0 Å². The van der Waals surface area contributed by atoms with Gasteiger partial charge in [0.25, 0.3) is 0 Å². The fourth-order valence-corrected chi connectivity index (χ4v) is 3.67. The zero-order valence-corrected chi connectivity index (χ0v) is 14.7. The number of ether oxygens (including phenoxy) is 1. The van der Waals surface area contributed by atoms with E-state index in [0.29, 0.717) is 4.88 Å². The molecule has 124 valence electrons. The van der Waals surface area contributed by atoms with E-state index in [4.69, 9.17) is 4.74 Å². The Kier molecular flexibility index (Phi) is 4.28. The highest BCUT2D eigenvalue weighted by Crippen LogP contribution is 2.46. The highest BCUT2D eigenvalue weighted by molar-refractivity contribution is 7.11. The van der Waals surface area contributed by atoms with Gasteiger partial charge in [0.15, 0.2) is 12.4 Å². The fraction of sp³-hybridized carbons (Fsp3) is 0.263. The third kappa shape index (κ3) is 2.87. The second-order valence-electron chi connectivity index (χ2n) is 6.25. The number of hydrogen-bond acceptors (Lipinski definition) is 5. The molecule has 0 spiro atoms. The van der Waals surface area contributed by atoms with Crippen LogP contribution in [0.3, 0.4) is 0 Å². The minimum atomic E-state index is -0.459. The Morgan fingerprint density at radius 2 is 1.96 bits per heavy atom. The summed E-state index contributed by atoms with van der Waals surface area (Å²) in [4.78, 5) is 26.6. The van der Waals surface area contributed by atoms with Crippen LogP contribution in [0.2, 0.25) is 0 Å². The van der Waals surface area contributed by atoms with Crippen LogP contribution in [0.25, 0.3) is 0 Å². The van der Waals surface area contributed by atoms with Gasteiger partial charge in [-0.3, -0.25) is 4.79 Å². The summed E-state index contributed by atoms with van der Waals surface area (Å²) in [6, 6.07) is 11.6. The second-order valence-corrected chi connectivity index (χ2v) is 7.20. The van der Waals surface area contributed by atoms with Crippen LogP contribution in [-0.2, 0) is 14.9 Å². The van der Waals surface area contributed by atoms with E-state index >= 15 is 0 Å². The number of ketones is 1. The van der Waals surface area contributed by atoms with Crippen molar-refractivity contribution < 1.29 is 14.3 Å². The lowest BCUT2D eigenvalue weighted by molar-refractivity contribution is -0.117. The zero-order chi connectivity index (χ0) is 17.3. The first-order valence-corrected chi connectivity index (χ1v) is 8.58. The largest absolute Gasteiger partial charge is 0.453 e. The molecule has 1 aliphatic rings. The maximum absolute atomic E-state index is 12.3. The monoisotopic (exact) mass is 341 g/mol. The van der Waals surface area contributed by atoms with Crippen molar-refractivity contribution in [1.29, 1.82) is 0 Å². The topological polar surface area (TPSA) is 46.6 Å². The Hall–Kier alpha value is -2.40. The maximum Gasteiger partial charge on any atom is 0.348 e. The minimum Gasteiger partial charge on any atom is -0.453 e. The van der Waals surface area contributed by atoms with Crippen molar-refractivity contribution in [3.05, 3.63) is 64.0 Å². The number of likely N-dealkylation sites (N-methyl/N-ethyl adjacent to an activating group) is 1. The molecule has 0 bridgehead atoms. The molecule has 1 aromatic carbocycles. The first-order chi connectivity index (χ1) is 11.4. The van der Waals surface area contributed by atoms with Gasteiger partial charge < -0.3 is 9.64 Å². The molecule has 0 aliphatic carbocycles. The Bertz CT molecular complexity index is 806. The number of allylic oxidation sites excluding steroid dienone is 1. The van der Waals surface area contributed by atoms with E-state index in [9.17, 15) is 9.59 Å². The van der Waals surface area contributed by atoms with Crippen LogP contribution in [-0.4, -0.2) is 25.4 Å². The van der Waals surface area contributed by atoms with Crippen LogP contribution in [0.15, 0.2) is 53.6 Å². The lowest BCUT2D eigenvalue weighted by Gasteiger charge is -2.23. The third-order valence-corrected chi connectivity index (χ3v) is 5.16. The van der Waals surface area contributed by atoms with Gasteiger partial charge in [0.2, 0.25) is 0 Å². The molecular weight excluding hydrogens is 322 g/mol. The van der Waals surface area contributed by atoms with Gasteiger partial charge in [0, 0.05) is 29.9 Å². The van der Waals surface area contributed by atoms with Gasteiger partial charge in [0.05, 0.1) is 0 Å². The first-order valence-electron chi connectivity index (χ1n) is 7.70. The summed E-state index contributed by atoms with van der Waals surface area (Å²) in [7, 11) is 1.95. The standard InChI is InChI=1S/C19H19NO3S/c1-19(2)14-7-4-5-8-15(14)20(3)17(19)11-13(21)12-23-18(22)16-9-6-10-24-16/h4-11H,12H2,1-3H3. The molecule has 24 heavy (non-hydrogen) atoms. The summed E-state index contributed by atoms with van der Waals surface area (Å²) in [6.07, 6.45) is 1.59. The number of para-hydroxylation sites is 1. The molecule has 1 aliphatic heterocycles. The van der Waals surface area contributed by atoms with E-state index in [2.05, 4.69) is 19.9 Å². The Labute approximate surface area is 145 Å². The molecule has 0 saturated heterocycles. The number of hydrogen-bond donors (Lipinski definition) is 0. The molecule has 5 heteroatoms. The molecule has 0 atom stereocenters. The number of anilines is 1. The van der Waals surface area contributed by atoms with Gasteiger partial charge in [-0.15, -0.1) is 11.3 Å². The van der Waals surface area contributed by atoms with Crippen LogP contribution < -0.4 is 4.90 Å². The van der Waals surface area contributed by atoms with Crippen molar-refractivity contribution in [2.24, 2.45) is 0 Å². The number of fused-ring (bicyclic) bond motifs is 1. The molecule has 3 rings (SSSR count). The van der Waals surface area contributed by atoms with Gasteiger partial charge in [-0.05, 0) is 23.1 Å². The van der Waals surface area contributed by atoms with E-state index in [-0.39, 0.29) is 17.8 Å². The summed E-state index contributed by atoms with van der Waals surface area (Å²) in [6.45, 7) is 3.93. The summed E-state index contributed by atoms with van der Waals surface area (Å²) in [5.74, 6) is -0.679. The van der Waals surface area contributed by atoms with Crippen molar-refractivity contribution >= 4 is 28.8 Å². The predicted octanol–water partition coefficient (Wildman–Crippen LogP) is 3.79. The van der Waals surface area contributed by atoms with E-state index in [1.54, 1.807) is 23.6 Å². The van der Waals surface area contributed by atoms with E-state index in [1.165, 1.54) is 16.9 Å². The number of carbonyl (C=O) groups is 2. The van der Waals surface area contributed by atoms with Crippen molar-refractivity contribution in [2.75, 3.05) is 18.6 Å². The SMILES string of the molecule is CN1C(=CC(=O)COC(=O)c2cccs2)C(C)(C)c2ccccc21. The predicted molar refractivity (Wildman–Crippen MR) is 95.6 cm³/mol. The average Bonchev–Trinajstić information content (AvgIpc) is 3.16. The summed E-state index contributed by atoms with van der Waals surface area (Å²) >= 11 is 1.30. The minimum absolute atomic E-state index is 0.220. The molecule has 0 fully saturated rings. The van der Waals surface area contributed by atoms with Gasteiger partial charge >= 0.3 is 5.97 Å². The molecular formula is C19H19NO3S. The van der Waals surface area contributed by atoms with Crippen molar-refractivity contribution in [3.63, 3.8) is 0 Å². The van der Waals surface area contributed by atoms with Crippen LogP contribution >= 0.6 is 11.3 Å². The molecule has 0 amide bonds. The Balaban J connectivity index is 1.74. The molecule has 4 nitrogen and oxygen atoms in total. The molecule has 0 unspecified atom stereocenters. The zero-order valence-electron chi connectivity index (χ0n) is 13.9. The number of carbonyl (C=O) groups excluding carboxylic acids is 2. The number of thiophene rings is 1. The first kappa shape index (κ1) is 16.5. The van der Waals surface area contributed by atoms with E-state index in [0.717, 1.165) is 11.4 Å². The number of benzene rings is 1. The third-order valence-electron chi connectivity index (χ3n) is 4.31. The summed E-state index contributed by atoms with van der Waals surface area (Å²) in [5.41, 5.74) is 2.92. The van der Waals surface area contributed by atoms with Gasteiger partial charge in [-0.2, -0.15) is 0 Å². The van der Waals surface area contributed by atoms with Crippen LogP contribution in [0.5, 0.6) is 0 Å². The normalized spacial score (nSPS) is 17.0.